The number of nitrogens with one attached hydrogen (secondary N) is 1. The van der Waals surface area contributed by atoms with Crippen LogP contribution in [0.4, 0.5) is 5.69 Å². The van der Waals surface area contributed by atoms with Gasteiger partial charge >= 0.3 is 0 Å². The van der Waals surface area contributed by atoms with E-state index < -0.39 is 16.1 Å². The predicted octanol–water partition coefficient (Wildman–Crippen LogP) is 4.36. The Morgan fingerprint density at radius 3 is 2.23 bits per heavy atom. The molecule has 1 atom stereocenters. The molecule has 0 heterocycles. The Morgan fingerprint density at radius 2 is 1.71 bits per heavy atom. The lowest BCUT2D eigenvalue weighted by atomic mass is 10.1. The van der Waals surface area contributed by atoms with Gasteiger partial charge < -0.3 is 15.0 Å². The van der Waals surface area contributed by atoms with Crippen LogP contribution in [0.25, 0.3) is 0 Å². The van der Waals surface area contributed by atoms with E-state index in [1.165, 1.54) is 29.4 Å². The Kier molecular flexibility index (Phi) is 10.5. The first-order chi connectivity index (χ1) is 16.4. The second-order valence-corrected chi connectivity index (χ2v) is 10.9. The van der Waals surface area contributed by atoms with Crippen molar-refractivity contribution in [3.63, 3.8) is 0 Å². The van der Waals surface area contributed by atoms with Crippen molar-refractivity contribution in [2.24, 2.45) is 0 Å². The molecule has 2 aromatic carbocycles. The van der Waals surface area contributed by atoms with Crippen LogP contribution in [0, 0.1) is 0 Å². The van der Waals surface area contributed by atoms with Crippen LogP contribution < -0.4 is 14.4 Å². The molecule has 0 unspecified atom stereocenters. The summed E-state index contributed by atoms with van der Waals surface area (Å²) in [5.41, 5.74) is 0.870. The molecule has 0 fully saturated rings. The number of amides is 2. The van der Waals surface area contributed by atoms with Gasteiger partial charge in [0.25, 0.3) is 0 Å². The van der Waals surface area contributed by atoms with Gasteiger partial charge in [-0.25, -0.2) is 8.42 Å². The van der Waals surface area contributed by atoms with E-state index in [-0.39, 0.29) is 42.8 Å². The highest BCUT2D eigenvalue weighted by atomic mass is 35.5. The van der Waals surface area contributed by atoms with Gasteiger partial charge in [0.15, 0.2) is 0 Å². The molecule has 0 aliphatic carbocycles. The SMILES string of the molecule is CNC(=O)[C@H](C)N(Cc1c(Cl)cccc1Cl)C(=O)CCCN(c1ccc(OC)c(Cl)c1)S(C)(=O)=O. The van der Waals surface area contributed by atoms with E-state index in [4.69, 9.17) is 39.5 Å². The maximum absolute atomic E-state index is 13.2. The summed E-state index contributed by atoms with van der Waals surface area (Å²) in [5, 5.41) is 3.55. The number of sulfonamides is 1. The highest BCUT2D eigenvalue weighted by Crippen LogP contribution is 2.31. The van der Waals surface area contributed by atoms with E-state index in [1.807, 2.05) is 0 Å². The third-order valence-electron chi connectivity index (χ3n) is 5.38. The predicted molar refractivity (Wildman–Crippen MR) is 140 cm³/mol. The van der Waals surface area contributed by atoms with Crippen LogP contribution in [0.5, 0.6) is 5.75 Å². The van der Waals surface area contributed by atoms with Crippen molar-refractivity contribution in [2.75, 3.05) is 31.3 Å². The van der Waals surface area contributed by atoms with Crippen molar-refractivity contribution in [1.82, 2.24) is 10.2 Å². The Balaban J connectivity index is 2.22. The Morgan fingerprint density at radius 1 is 1.09 bits per heavy atom. The molecule has 0 spiro atoms. The monoisotopic (exact) mass is 563 g/mol. The molecule has 2 rings (SSSR count). The summed E-state index contributed by atoms with van der Waals surface area (Å²) in [4.78, 5) is 26.9. The average molecular weight is 565 g/mol. The second-order valence-electron chi connectivity index (χ2n) is 7.77. The zero-order chi connectivity index (χ0) is 26.3. The first-order valence-corrected chi connectivity index (χ1v) is 13.6. The smallest absolute Gasteiger partial charge is 0.242 e. The van der Waals surface area contributed by atoms with Crippen molar-refractivity contribution in [1.29, 1.82) is 0 Å². The van der Waals surface area contributed by atoms with Crippen molar-refractivity contribution in [2.45, 2.75) is 32.4 Å². The summed E-state index contributed by atoms with van der Waals surface area (Å²) >= 11 is 18.7. The van der Waals surface area contributed by atoms with Crippen LogP contribution in [0.15, 0.2) is 36.4 Å². The summed E-state index contributed by atoms with van der Waals surface area (Å²) in [7, 11) is -0.715. The standard InChI is InChI=1S/C23H28Cl3N3O5S/c1-15(23(31)27-2)28(14-17-18(24)7-5-8-19(17)25)22(30)9-6-12-29(35(4,32)33)16-10-11-21(34-3)20(26)13-16/h5,7-8,10-11,13,15H,6,9,12,14H2,1-4H3,(H,27,31)/t15-/m0/s1. The van der Waals surface area contributed by atoms with Gasteiger partial charge in [-0.15, -0.1) is 0 Å². The van der Waals surface area contributed by atoms with Gasteiger partial charge in [0.2, 0.25) is 21.8 Å². The largest absolute Gasteiger partial charge is 0.495 e. The molecule has 0 bridgehead atoms. The quantitative estimate of drug-likeness (QED) is 0.437. The molecule has 2 amide bonds. The van der Waals surface area contributed by atoms with E-state index in [0.717, 1.165) is 6.26 Å². The van der Waals surface area contributed by atoms with E-state index >= 15 is 0 Å². The van der Waals surface area contributed by atoms with Gasteiger partial charge in [-0.3, -0.25) is 13.9 Å². The lowest BCUT2D eigenvalue weighted by Gasteiger charge is -2.29. The molecule has 0 radical (unpaired) electrons. The molecule has 1 N–H and O–H groups in total. The molecule has 0 aliphatic heterocycles. The second kappa shape index (κ2) is 12.7. The van der Waals surface area contributed by atoms with Crippen LogP contribution in [0.1, 0.15) is 25.3 Å². The molecule has 0 saturated heterocycles. The molecule has 8 nitrogen and oxygen atoms in total. The summed E-state index contributed by atoms with van der Waals surface area (Å²) in [6.45, 7) is 1.65. The van der Waals surface area contributed by atoms with Gasteiger partial charge in [0.05, 0.1) is 24.1 Å². The van der Waals surface area contributed by atoms with Gasteiger partial charge in [-0.2, -0.15) is 0 Å². The molecule has 12 heteroatoms. The number of anilines is 1. The van der Waals surface area contributed by atoms with Crippen molar-refractivity contribution >= 4 is 62.3 Å². The third-order valence-corrected chi connectivity index (χ3v) is 7.58. The Bertz CT molecular complexity index is 1160. The van der Waals surface area contributed by atoms with Gasteiger partial charge in [0.1, 0.15) is 11.8 Å². The molecule has 2 aromatic rings. The van der Waals surface area contributed by atoms with E-state index in [2.05, 4.69) is 5.32 Å². The van der Waals surface area contributed by atoms with Gasteiger partial charge in [-0.1, -0.05) is 40.9 Å². The average Bonchev–Trinajstić information content (AvgIpc) is 2.79. The first-order valence-electron chi connectivity index (χ1n) is 10.7. The number of benzene rings is 2. The highest BCUT2D eigenvalue weighted by Gasteiger charge is 2.27. The molecule has 0 aliphatic rings. The molecular weight excluding hydrogens is 537 g/mol. The number of carbonyl (C=O) groups excluding carboxylic acids is 2. The van der Waals surface area contributed by atoms with Crippen molar-refractivity contribution in [3.05, 3.63) is 57.0 Å². The number of likely N-dealkylation sites (N-methyl/N-ethyl adjacent to an activating group) is 1. The number of hydrogen-bond acceptors (Lipinski definition) is 5. The van der Waals surface area contributed by atoms with Crippen molar-refractivity contribution < 1.29 is 22.7 Å². The minimum absolute atomic E-state index is 0.0146. The maximum atomic E-state index is 13.2. The van der Waals surface area contributed by atoms with Gasteiger partial charge in [0, 0.05) is 42.2 Å². The zero-order valence-electron chi connectivity index (χ0n) is 19.8. The normalized spacial score (nSPS) is 12.1. The lowest BCUT2D eigenvalue weighted by Crippen LogP contribution is -2.47. The summed E-state index contributed by atoms with van der Waals surface area (Å²) in [5.74, 6) is -0.290. The van der Waals surface area contributed by atoms with Crippen molar-refractivity contribution in [3.8, 4) is 5.75 Å². The van der Waals surface area contributed by atoms with E-state index in [0.29, 0.717) is 27.0 Å². The number of rotatable bonds is 11. The fourth-order valence-electron chi connectivity index (χ4n) is 3.46. The van der Waals surface area contributed by atoms with Crippen LogP contribution in [-0.4, -0.2) is 58.1 Å². The summed E-state index contributed by atoms with van der Waals surface area (Å²) in [6.07, 6.45) is 1.26. The van der Waals surface area contributed by atoms with Gasteiger partial charge in [-0.05, 0) is 43.7 Å². The van der Waals surface area contributed by atoms with E-state index in [9.17, 15) is 18.0 Å². The van der Waals surface area contributed by atoms with Crippen LogP contribution in [0.3, 0.4) is 0 Å². The van der Waals surface area contributed by atoms with Crippen LogP contribution >= 0.6 is 34.8 Å². The fourth-order valence-corrected chi connectivity index (χ4v) is 5.19. The molecule has 35 heavy (non-hydrogen) atoms. The number of ether oxygens (including phenoxy) is 1. The summed E-state index contributed by atoms with van der Waals surface area (Å²) < 4.78 is 31.2. The zero-order valence-corrected chi connectivity index (χ0v) is 22.9. The van der Waals surface area contributed by atoms with E-state index in [1.54, 1.807) is 37.3 Å². The molecule has 192 valence electrons. The number of carbonyl (C=O) groups is 2. The number of methoxy groups -OCH3 is 1. The topological polar surface area (TPSA) is 96.0 Å². The maximum Gasteiger partial charge on any atom is 0.242 e. The van der Waals surface area contributed by atoms with Crippen LogP contribution in [-0.2, 0) is 26.2 Å². The fraction of sp³-hybridized carbons (Fsp3) is 0.391. The third kappa shape index (κ3) is 7.64. The van der Waals surface area contributed by atoms with Crippen LogP contribution in [0.2, 0.25) is 15.1 Å². The first kappa shape index (κ1) is 29.0. The number of nitrogens with zero attached hydrogens (tertiary/aromatic N) is 2. The molecule has 0 saturated carbocycles. The Hall–Kier alpha value is -2.20. The molecular formula is C23H28Cl3N3O5S. The Labute approximate surface area is 221 Å². The minimum atomic E-state index is -3.66. The lowest BCUT2D eigenvalue weighted by molar-refractivity contribution is -0.140. The highest BCUT2D eigenvalue weighted by molar-refractivity contribution is 7.92. The summed E-state index contributed by atoms with van der Waals surface area (Å²) in [6, 6.07) is 8.83. The molecule has 0 aromatic heterocycles. The number of halogens is 3. The minimum Gasteiger partial charge on any atom is -0.495 e. The number of hydrogen-bond donors (Lipinski definition) is 1.